The smallest absolute Gasteiger partial charge is 0.326 e. The van der Waals surface area contributed by atoms with Crippen LogP contribution in [0.15, 0.2) is 78.2 Å². The van der Waals surface area contributed by atoms with Crippen LogP contribution in [0.5, 0.6) is 0 Å². The molecule has 2 aromatic carbocycles. The van der Waals surface area contributed by atoms with Crippen LogP contribution in [-0.2, 0) is 52.8 Å². The van der Waals surface area contributed by atoms with Crippen molar-refractivity contribution in [1.82, 2.24) is 36.6 Å². The van der Waals surface area contributed by atoms with Crippen LogP contribution < -0.4 is 49.5 Å². The molecular weight excluding hydrogens is 805 g/mol. The van der Waals surface area contributed by atoms with Crippen LogP contribution in [0.4, 0.5) is 0 Å². The molecule has 0 fully saturated rings. The first-order valence-corrected chi connectivity index (χ1v) is 20.2. The highest BCUT2D eigenvalue weighted by Gasteiger charge is 2.33. The Bertz CT molecular complexity index is 1930. The molecule has 0 radical (unpaired) electrons. The summed E-state index contributed by atoms with van der Waals surface area (Å²) in [5.41, 5.74) is 24.3. The number of aromatic amines is 1. The monoisotopic (exact) mass is 862 g/mol. The Morgan fingerprint density at radius 2 is 1.13 bits per heavy atom. The van der Waals surface area contributed by atoms with Crippen molar-refractivity contribution in [1.29, 1.82) is 0 Å². The number of carboxylic acids is 2. The molecule has 0 spiro atoms. The molecule has 1 heterocycles. The zero-order valence-corrected chi connectivity index (χ0v) is 34.3. The van der Waals surface area contributed by atoms with Gasteiger partial charge in [-0.1, -0.05) is 67.1 Å². The average Bonchev–Trinajstić information content (AvgIpc) is 3.76. The summed E-state index contributed by atoms with van der Waals surface area (Å²) in [4.78, 5) is 103. The third kappa shape index (κ3) is 18.2. The predicted molar refractivity (Wildman–Crippen MR) is 228 cm³/mol. The number of carbonyl (C=O) groups excluding carboxylic acids is 5. The third-order valence-corrected chi connectivity index (χ3v) is 9.59. The van der Waals surface area contributed by atoms with Gasteiger partial charge < -0.3 is 64.7 Å². The molecule has 336 valence electrons. The molecule has 0 saturated carbocycles. The molecule has 0 saturated heterocycles. The lowest BCUT2D eigenvalue weighted by molar-refractivity contribution is -0.143. The molecule has 0 bridgehead atoms. The maximum absolute atomic E-state index is 14.3. The SMILES string of the molecule is NCCCC[C@H](N)C(=O)N[C@@H](CCCN=C(N)N)C(=O)N[C@@H](Cc1cnc[nH]1)C(=O)N[C@@H](Cc1ccccc1)C(=O)N[C@@H](Cc1ccccc1)C(=O)N[C@@H](CCC(=O)O)C(=O)O. The number of aromatic nitrogens is 2. The van der Waals surface area contributed by atoms with Crippen molar-refractivity contribution in [2.75, 3.05) is 13.1 Å². The maximum Gasteiger partial charge on any atom is 0.326 e. The molecule has 21 heteroatoms. The Morgan fingerprint density at radius 3 is 1.60 bits per heavy atom. The number of imidazole rings is 1. The number of hydrogen-bond donors (Lipinski definition) is 12. The number of nitrogens with one attached hydrogen (secondary N) is 6. The molecule has 62 heavy (non-hydrogen) atoms. The number of H-pyrrole nitrogens is 1. The van der Waals surface area contributed by atoms with Gasteiger partial charge in [-0.2, -0.15) is 0 Å². The van der Waals surface area contributed by atoms with Crippen LogP contribution in [0.25, 0.3) is 0 Å². The van der Waals surface area contributed by atoms with Gasteiger partial charge in [0.05, 0.1) is 12.4 Å². The summed E-state index contributed by atoms with van der Waals surface area (Å²) < 4.78 is 0. The molecule has 1 aromatic heterocycles. The first-order valence-electron chi connectivity index (χ1n) is 20.2. The van der Waals surface area contributed by atoms with E-state index in [1.807, 2.05) is 0 Å². The highest BCUT2D eigenvalue weighted by atomic mass is 16.4. The second-order valence-electron chi connectivity index (χ2n) is 14.6. The Kier molecular flexibility index (Phi) is 21.0. The van der Waals surface area contributed by atoms with Crippen molar-refractivity contribution in [3.8, 4) is 0 Å². The Balaban J connectivity index is 1.93. The topological polar surface area (TPSA) is 365 Å². The maximum atomic E-state index is 14.3. The van der Waals surface area contributed by atoms with Gasteiger partial charge in [0.15, 0.2) is 5.96 Å². The lowest BCUT2D eigenvalue weighted by Gasteiger charge is -2.27. The van der Waals surface area contributed by atoms with Crippen molar-refractivity contribution in [2.45, 2.75) is 100 Å². The number of rotatable bonds is 28. The number of hydrogen-bond acceptors (Lipinski definition) is 11. The van der Waals surface area contributed by atoms with Crippen molar-refractivity contribution in [3.63, 3.8) is 0 Å². The van der Waals surface area contributed by atoms with E-state index >= 15 is 0 Å². The van der Waals surface area contributed by atoms with Gasteiger partial charge in [-0.15, -0.1) is 0 Å². The lowest BCUT2D eigenvalue weighted by atomic mass is 10.0. The summed E-state index contributed by atoms with van der Waals surface area (Å²) in [6, 6.07) is 9.45. The fourth-order valence-electron chi connectivity index (χ4n) is 6.25. The van der Waals surface area contributed by atoms with E-state index in [0.29, 0.717) is 42.6 Å². The first-order chi connectivity index (χ1) is 29.7. The molecule has 21 nitrogen and oxygen atoms in total. The van der Waals surface area contributed by atoms with Crippen LogP contribution in [0, 0.1) is 0 Å². The number of carboxylic acid groups (broad SMARTS) is 2. The standard InChI is InChI=1S/C41H58N12O9/c42-18-8-7-14-28(43)35(56)49-29(15-9-19-47-41(44)45)36(57)53-33(22-27-23-46-24-48-27)39(60)52-32(21-26-12-5-2-6-13-26)38(59)51-31(20-25-10-3-1-4-11-25)37(58)50-30(40(61)62)16-17-34(54)55/h1-6,10-13,23-24,28-33H,7-9,14-22,42-43H2,(H,46,48)(H,49,56)(H,50,58)(H,51,59)(H,52,60)(H,53,57)(H,54,55)(H,61,62)(H4,44,45,47)/t28-,29-,30-,31-,32-,33-/m0/s1. The largest absolute Gasteiger partial charge is 0.481 e. The van der Waals surface area contributed by atoms with Crippen LogP contribution >= 0.6 is 0 Å². The summed E-state index contributed by atoms with van der Waals surface area (Å²) >= 11 is 0. The second-order valence-corrected chi connectivity index (χ2v) is 14.6. The number of benzene rings is 2. The number of aliphatic imine (C=N–C) groups is 1. The fraction of sp³-hybridized carbons (Fsp3) is 0.439. The van der Waals surface area contributed by atoms with Crippen LogP contribution in [-0.4, -0.2) is 117 Å². The number of carbonyl (C=O) groups is 7. The Hall–Kier alpha value is -6.87. The highest BCUT2D eigenvalue weighted by molar-refractivity contribution is 5.96. The van der Waals surface area contributed by atoms with Crippen LogP contribution in [0.1, 0.15) is 61.8 Å². The van der Waals surface area contributed by atoms with Crippen molar-refractivity contribution in [3.05, 3.63) is 90.0 Å². The van der Waals surface area contributed by atoms with E-state index in [0.717, 1.165) is 0 Å². The van der Waals surface area contributed by atoms with E-state index in [1.165, 1.54) is 12.5 Å². The number of nitrogens with two attached hydrogens (primary N) is 4. The number of nitrogens with zero attached hydrogens (tertiary/aromatic N) is 2. The average molecular weight is 863 g/mol. The number of amides is 5. The zero-order chi connectivity index (χ0) is 45.4. The Morgan fingerprint density at radius 1 is 0.629 bits per heavy atom. The van der Waals surface area contributed by atoms with Gasteiger partial charge in [0, 0.05) is 44.1 Å². The van der Waals surface area contributed by atoms with Gasteiger partial charge >= 0.3 is 11.9 Å². The molecule has 16 N–H and O–H groups in total. The first kappa shape index (κ1) is 49.5. The van der Waals surface area contributed by atoms with E-state index in [1.54, 1.807) is 60.7 Å². The normalized spacial score (nSPS) is 13.8. The van der Waals surface area contributed by atoms with Gasteiger partial charge in [-0.25, -0.2) is 9.78 Å². The molecule has 0 aliphatic heterocycles. The molecule has 6 atom stereocenters. The minimum absolute atomic E-state index is 0.0607. The molecule has 5 amide bonds. The van der Waals surface area contributed by atoms with Gasteiger partial charge in [-0.05, 0) is 49.8 Å². The molecule has 0 aliphatic carbocycles. The number of guanidine groups is 1. The fourth-order valence-corrected chi connectivity index (χ4v) is 6.25. The van der Waals surface area contributed by atoms with Gasteiger partial charge in [0.1, 0.15) is 30.2 Å². The number of aliphatic carboxylic acids is 2. The van der Waals surface area contributed by atoms with Gasteiger partial charge in [0.2, 0.25) is 29.5 Å². The highest BCUT2D eigenvalue weighted by Crippen LogP contribution is 2.11. The quantitative estimate of drug-likeness (QED) is 0.0221. The minimum Gasteiger partial charge on any atom is -0.481 e. The van der Waals surface area contributed by atoms with E-state index in [2.05, 4.69) is 41.5 Å². The minimum atomic E-state index is -1.58. The van der Waals surface area contributed by atoms with E-state index in [9.17, 15) is 38.7 Å². The molecule has 0 aliphatic rings. The Labute approximate surface area is 358 Å². The van der Waals surface area contributed by atoms with Gasteiger partial charge in [-0.3, -0.25) is 33.8 Å². The summed E-state index contributed by atoms with van der Waals surface area (Å²) in [6.07, 6.45) is 3.45. The van der Waals surface area contributed by atoms with Crippen LogP contribution in [0.2, 0.25) is 0 Å². The number of unbranched alkanes of at least 4 members (excludes halogenated alkanes) is 1. The molecule has 0 unspecified atom stereocenters. The zero-order valence-electron chi connectivity index (χ0n) is 34.3. The van der Waals surface area contributed by atoms with Crippen LogP contribution in [0.3, 0.4) is 0 Å². The summed E-state index contributed by atoms with van der Waals surface area (Å²) in [5, 5.41) is 32.0. The van der Waals surface area contributed by atoms with E-state index in [4.69, 9.17) is 28.0 Å². The van der Waals surface area contributed by atoms with E-state index < -0.39 is 90.6 Å². The summed E-state index contributed by atoms with van der Waals surface area (Å²) in [6.45, 7) is 0.562. The predicted octanol–water partition coefficient (Wildman–Crippen LogP) is -1.68. The van der Waals surface area contributed by atoms with Crippen molar-refractivity contribution in [2.24, 2.45) is 27.9 Å². The molecule has 3 aromatic rings. The molecular formula is C41H58N12O9. The van der Waals surface area contributed by atoms with E-state index in [-0.39, 0.29) is 44.6 Å². The van der Waals surface area contributed by atoms with Crippen molar-refractivity contribution >= 4 is 47.4 Å². The summed E-state index contributed by atoms with van der Waals surface area (Å²) in [7, 11) is 0. The molecule has 3 rings (SSSR count). The lowest BCUT2D eigenvalue weighted by Crippen LogP contribution is -2.60. The summed E-state index contributed by atoms with van der Waals surface area (Å²) in [5.74, 6) is -6.75. The second kappa shape index (κ2) is 26.4. The third-order valence-electron chi connectivity index (χ3n) is 9.59. The van der Waals surface area contributed by atoms with Crippen molar-refractivity contribution < 1.29 is 43.8 Å². The van der Waals surface area contributed by atoms with Gasteiger partial charge in [0.25, 0.3) is 0 Å².